The minimum atomic E-state index is 0.189. The Morgan fingerprint density at radius 2 is 1.78 bits per heavy atom. The molecule has 0 amide bonds. The first kappa shape index (κ1) is 20.4. The monoisotopic (exact) mass is 444 g/mol. The molecule has 2 heterocycles. The van der Waals surface area contributed by atoms with Crippen LogP contribution in [0.4, 0.5) is 17.6 Å². The maximum Gasteiger partial charge on any atom is 0.232 e. The van der Waals surface area contributed by atoms with Crippen molar-refractivity contribution in [3.05, 3.63) is 77.4 Å². The van der Waals surface area contributed by atoms with E-state index >= 15 is 0 Å². The molecule has 1 aliphatic carbocycles. The number of aryl methyl sites for hydroxylation is 1. The highest BCUT2D eigenvalue weighted by Crippen LogP contribution is 2.40. The van der Waals surface area contributed by atoms with Gasteiger partial charge >= 0.3 is 0 Å². The average Bonchev–Trinajstić information content (AvgIpc) is 3.56. The Morgan fingerprint density at radius 1 is 1.00 bits per heavy atom. The number of hydrogen-bond donors (Lipinski definition) is 2. The van der Waals surface area contributed by atoms with E-state index in [0.717, 1.165) is 23.2 Å². The first-order chi connectivity index (χ1) is 15.6. The lowest BCUT2D eigenvalue weighted by Gasteiger charge is -2.10. The molecular formula is C23H24N8S. The fourth-order valence-corrected chi connectivity index (χ4v) is 4.22. The molecule has 1 fully saturated rings. The van der Waals surface area contributed by atoms with Crippen molar-refractivity contribution in [3.63, 3.8) is 0 Å². The van der Waals surface area contributed by atoms with Gasteiger partial charge in [-0.05, 0) is 37.5 Å². The maximum atomic E-state index is 5.95. The van der Waals surface area contributed by atoms with E-state index in [-0.39, 0.29) is 5.95 Å². The number of aromatic nitrogens is 6. The molecule has 2 aromatic carbocycles. The summed E-state index contributed by atoms with van der Waals surface area (Å²) >= 11 is 1.56. The van der Waals surface area contributed by atoms with Gasteiger partial charge in [0.15, 0.2) is 5.16 Å². The molecular weight excluding hydrogens is 420 g/mol. The van der Waals surface area contributed by atoms with E-state index in [0.29, 0.717) is 23.4 Å². The zero-order valence-corrected chi connectivity index (χ0v) is 18.6. The van der Waals surface area contributed by atoms with Crippen LogP contribution in [0.15, 0.2) is 59.8 Å². The van der Waals surface area contributed by atoms with Crippen molar-refractivity contribution < 1.29 is 0 Å². The van der Waals surface area contributed by atoms with Crippen LogP contribution in [0.2, 0.25) is 0 Å². The summed E-state index contributed by atoms with van der Waals surface area (Å²) in [6.45, 7) is 2.80. The molecule has 0 atom stereocenters. The smallest absolute Gasteiger partial charge is 0.232 e. The molecule has 0 bridgehead atoms. The van der Waals surface area contributed by atoms with Crippen molar-refractivity contribution in [2.75, 3.05) is 11.1 Å². The van der Waals surface area contributed by atoms with Gasteiger partial charge in [-0.3, -0.25) is 0 Å². The second-order valence-electron chi connectivity index (χ2n) is 7.90. The summed E-state index contributed by atoms with van der Waals surface area (Å²) in [7, 11) is 0. The Bertz CT molecular complexity index is 1200. The molecule has 0 saturated heterocycles. The highest BCUT2D eigenvalue weighted by atomic mass is 32.2. The molecule has 1 saturated carbocycles. The van der Waals surface area contributed by atoms with Crippen LogP contribution in [-0.4, -0.2) is 29.7 Å². The Morgan fingerprint density at radius 3 is 2.53 bits per heavy atom. The Kier molecular flexibility index (Phi) is 5.72. The zero-order chi connectivity index (χ0) is 21.9. The summed E-state index contributed by atoms with van der Waals surface area (Å²) in [5.74, 6) is 3.31. The minimum Gasteiger partial charge on any atom is -0.368 e. The molecule has 4 aromatic rings. The molecule has 162 valence electrons. The van der Waals surface area contributed by atoms with Gasteiger partial charge in [0.05, 0.1) is 12.3 Å². The van der Waals surface area contributed by atoms with Crippen LogP contribution in [0.25, 0.3) is 0 Å². The normalized spacial score (nSPS) is 13.3. The van der Waals surface area contributed by atoms with Gasteiger partial charge in [0, 0.05) is 11.6 Å². The topological polar surface area (TPSA) is 107 Å². The van der Waals surface area contributed by atoms with Gasteiger partial charge in [-0.1, -0.05) is 59.8 Å². The lowest BCUT2D eigenvalue weighted by atomic mass is 10.2. The first-order valence-corrected chi connectivity index (χ1v) is 11.6. The van der Waals surface area contributed by atoms with Crippen molar-refractivity contribution in [2.45, 2.75) is 43.1 Å². The number of thioether (sulfide) groups is 1. The molecule has 1 aliphatic rings. The molecule has 8 nitrogen and oxygen atoms in total. The highest BCUT2D eigenvalue weighted by molar-refractivity contribution is 7.98. The summed E-state index contributed by atoms with van der Waals surface area (Å²) < 4.78 is 2.22. The lowest BCUT2D eigenvalue weighted by molar-refractivity contribution is 0.667. The first-order valence-electron chi connectivity index (χ1n) is 10.6. The number of benzene rings is 2. The fraction of sp³-hybridized carbons (Fsp3) is 0.261. The molecule has 0 aliphatic heterocycles. The van der Waals surface area contributed by atoms with E-state index in [4.69, 9.17) is 5.73 Å². The highest BCUT2D eigenvalue weighted by Gasteiger charge is 2.30. The van der Waals surface area contributed by atoms with E-state index in [9.17, 15) is 0 Å². The second-order valence-corrected chi connectivity index (χ2v) is 8.84. The predicted octanol–water partition coefficient (Wildman–Crippen LogP) is 4.32. The van der Waals surface area contributed by atoms with Crippen molar-refractivity contribution in [1.82, 2.24) is 29.7 Å². The van der Waals surface area contributed by atoms with Crippen LogP contribution in [0.1, 0.15) is 41.5 Å². The molecule has 9 heteroatoms. The Hall–Kier alpha value is -3.46. The van der Waals surface area contributed by atoms with E-state index in [1.54, 1.807) is 11.8 Å². The number of anilines is 3. The SMILES string of the molecule is Cc1ccc(Nc2nc(N)nc(CSc3nnc(C4CC4)n3Cc3ccccc3)n2)cc1. The number of nitrogen functional groups attached to an aromatic ring is 1. The fourth-order valence-electron chi connectivity index (χ4n) is 3.42. The third kappa shape index (κ3) is 4.88. The minimum absolute atomic E-state index is 0.189. The van der Waals surface area contributed by atoms with Gasteiger partial charge in [0.25, 0.3) is 0 Å². The molecule has 0 unspecified atom stereocenters. The standard InChI is InChI=1S/C23H24N8S/c1-15-7-11-18(12-8-15)25-22-27-19(26-21(24)28-22)14-32-23-30-29-20(17-9-10-17)31(23)13-16-5-3-2-4-6-16/h2-8,11-12,17H,9-10,13-14H2,1H3,(H3,24,25,26,27,28). The number of nitrogens with one attached hydrogen (secondary N) is 1. The van der Waals surface area contributed by atoms with E-state index in [1.807, 2.05) is 37.3 Å². The van der Waals surface area contributed by atoms with Crippen molar-refractivity contribution in [3.8, 4) is 0 Å². The summed E-state index contributed by atoms with van der Waals surface area (Å²) in [4.78, 5) is 13.1. The van der Waals surface area contributed by atoms with Crippen molar-refractivity contribution in [1.29, 1.82) is 0 Å². The molecule has 2 aromatic heterocycles. The number of rotatable bonds is 8. The maximum absolute atomic E-state index is 5.95. The van der Waals surface area contributed by atoms with Crippen LogP contribution in [0.3, 0.4) is 0 Å². The molecule has 32 heavy (non-hydrogen) atoms. The van der Waals surface area contributed by atoms with Crippen LogP contribution in [-0.2, 0) is 12.3 Å². The predicted molar refractivity (Wildman–Crippen MR) is 126 cm³/mol. The molecule has 0 spiro atoms. The molecule has 3 N–H and O–H groups in total. The molecule has 0 radical (unpaired) electrons. The Balaban J connectivity index is 1.33. The van der Waals surface area contributed by atoms with E-state index < -0.39 is 0 Å². The van der Waals surface area contributed by atoms with Crippen molar-refractivity contribution >= 4 is 29.3 Å². The van der Waals surface area contributed by atoms with Crippen LogP contribution < -0.4 is 11.1 Å². The van der Waals surface area contributed by atoms with Crippen LogP contribution in [0.5, 0.6) is 0 Å². The van der Waals surface area contributed by atoms with Gasteiger partial charge in [-0.25, -0.2) is 0 Å². The number of nitrogens with two attached hydrogens (primary N) is 1. The summed E-state index contributed by atoms with van der Waals surface area (Å²) in [6.07, 6.45) is 2.35. The van der Waals surface area contributed by atoms with Gasteiger partial charge in [-0.15, -0.1) is 10.2 Å². The quantitative estimate of drug-likeness (QED) is 0.387. The van der Waals surface area contributed by atoms with Gasteiger partial charge < -0.3 is 15.6 Å². The van der Waals surface area contributed by atoms with Crippen LogP contribution in [0, 0.1) is 6.92 Å². The third-order valence-corrected chi connectivity index (χ3v) is 6.17. The van der Waals surface area contributed by atoms with Crippen LogP contribution >= 0.6 is 11.8 Å². The van der Waals surface area contributed by atoms with Gasteiger partial charge in [-0.2, -0.15) is 15.0 Å². The van der Waals surface area contributed by atoms with E-state index in [2.05, 4.69) is 59.3 Å². The molecule has 5 rings (SSSR count). The lowest BCUT2D eigenvalue weighted by Crippen LogP contribution is -2.08. The van der Waals surface area contributed by atoms with Gasteiger partial charge in [0.2, 0.25) is 11.9 Å². The average molecular weight is 445 g/mol. The summed E-state index contributed by atoms with van der Waals surface area (Å²) in [5.41, 5.74) is 9.26. The Labute approximate surface area is 190 Å². The van der Waals surface area contributed by atoms with Crippen molar-refractivity contribution in [2.24, 2.45) is 0 Å². The van der Waals surface area contributed by atoms with E-state index in [1.165, 1.54) is 24.0 Å². The third-order valence-electron chi connectivity index (χ3n) is 5.21. The number of nitrogens with zero attached hydrogens (tertiary/aromatic N) is 6. The zero-order valence-electron chi connectivity index (χ0n) is 17.8. The largest absolute Gasteiger partial charge is 0.368 e. The summed E-state index contributed by atoms with van der Waals surface area (Å²) in [5, 5.41) is 13.0. The summed E-state index contributed by atoms with van der Waals surface area (Å²) in [6, 6.07) is 18.4. The second kappa shape index (κ2) is 8.96. The van der Waals surface area contributed by atoms with Gasteiger partial charge in [0.1, 0.15) is 11.6 Å². The number of hydrogen-bond acceptors (Lipinski definition) is 8.